The average Bonchev–Trinajstić information content (AvgIpc) is 2.27. The van der Waals surface area contributed by atoms with Crippen LogP contribution in [0.4, 0.5) is 0 Å². The molecule has 0 aliphatic carbocycles. The Morgan fingerprint density at radius 1 is 1.38 bits per heavy atom. The van der Waals surface area contributed by atoms with E-state index in [9.17, 15) is 9.59 Å². The number of hydrogen-bond acceptors (Lipinski definition) is 3. The molecule has 94 valence electrons. The first kappa shape index (κ1) is 15.2. The Hall–Kier alpha value is -0.770. The van der Waals surface area contributed by atoms with Gasteiger partial charge in [-0.15, -0.1) is 11.6 Å². The van der Waals surface area contributed by atoms with E-state index in [1.54, 1.807) is 18.9 Å². The Kier molecular flexibility index (Phi) is 7.99. The first-order chi connectivity index (χ1) is 7.52. The monoisotopic (exact) mass is 249 g/mol. The molecule has 0 aromatic rings. The number of carbonyl (C=O) groups excluding carboxylic acids is 2. The molecule has 16 heavy (non-hydrogen) atoms. The van der Waals surface area contributed by atoms with Gasteiger partial charge in [-0.05, 0) is 12.8 Å². The Morgan fingerprint density at radius 3 is 2.50 bits per heavy atom. The van der Waals surface area contributed by atoms with Crippen LogP contribution in [0.25, 0.3) is 0 Å². The third-order valence-corrected chi connectivity index (χ3v) is 2.62. The first-order valence-corrected chi connectivity index (χ1v) is 5.94. The summed E-state index contributed by atoms with van der Waals surface area (Å²) in [5.41, 5.74) is 0. The van der Waals surface area contributed by atoms with Crippen LogP contribution in [0.1, 0.15) is 26.2 Å². The summed E-state index contributed by atoms with van der Waals surface area (Å²) < 4.78 is 4.60. The standard InChI is InChI=1S/C11H20ClNO3/c1-9(11(15)16-3)8-13(2)10(14)6-4-5-7-12/h9H,4-8H2,1-3H3. The minimum Gasteiger partial charge on any atom is -0.469 e. The van der Waals surface area contributed by atoms with Crippen LogP contribution >= 0.6 is 11.6 Å². The summed E-state index contributed by atoms with van der Waals surface area (Å²) in [5, 5.41) is 0. The third kappa shape index (κ3) is 5.95. The smallest absolute Gasteiger partial charge is 0.310 e. The lowest BCUT2D eigenvalue weighted by Crippen LogP contribution is -2.34. The fourth-order valence-electron chi connectivity index (χ4n) is 1.35. The number of unbranched alkanes of at least 4 members (excludes halogenated alkanes) is 1. The number of esters is 1. The van der Waals surface area contributed by atoms with Crippen LogP contribution in [0.3, 0.4) is 0 Å². The number of alkyl halides is 1. The Balaban J connectivity index is 3.90. The molecular weight excluding hydrogens is 230 g/mol. The van der Waals surface area contributed by atoms with Gasteiger partial charge >= 0.3 is 5.97 Å². The van der Waals surface area contributed by atoms with Gasteiger partial charge in [0.1, 0.15) is 0 Å². The van der Waals surface area contributed by atoms with E-state index >= 15 is 0 Å². The molecule has 0 aromatic heterocycles. The van der Waals surface area contributed by atoms with Crippen molar-refractivity contribution in [3.63, 3.8) is 0 Å². The van der Waals surface area contributed by atoms with Crippen molar-refractivity contribution < 1.29 is 14.3 Å². The summed E-state index contributed by atoms with van der Waals surface area (Å²) in [7, 11) is 3.05. The predicted molar refractivity (Wildman–Crippen MR) is 63.4 cm³/mol. The molecule has 4 nitrogen and oxygen atoms in total. The van der Waals surface area contributed by atoms with Crippen LogP contribution in [-0.4, -0.2) is 43.4 Å². The highest BCUT2D eigenvalue weighted by Gasteiger charge is 2.18. The molecule has 0 N–H and O–H groups in total. The fourth-order valence-corrected chi connectivity index (χ4v) is 1.54. The molecule has 0 spiro atoms. The summed E-state index contributed by atoms with van der Waals surface area (Å²) in [4.78, 5) is 24.3. The van der Waals surface area contributed by atoms with Crippen LogP contribution in [0.5, 0.6) is 0 Å². The van der Waals surface area contributed by atoms with Gasteiger partial charge in [-0.3, -0.25) is 9.59 Å². The molecule has 1 atom stereocenters. The molecule has 0 aliphatic rings. The quantitative estimate of drug-likeness (QED) is 0.392. The third-order valence-electron chi connectivity index (χ3n) is 2.35. The van der Waals surface area contributed by atoms with E-state index in [2.05, 4.69) is 4.74 Å². The van der Waals surface area contributed by atoms with Crippen molar-refractivity contribution in [2.24, 2.45) is 5.92 Å². The van der Waals surface area contributed by atoms with E-state index in [1.165, 1.54) is 7.11 Å². The van der Waals surface area contributed by atoms with Crippen molar-refractivity contribution in [2.45, 2.75) is 26.2 Å². The fraction of sp³-hybridized carbons (Fsp3) is 0.818. The molecule has 0 saturated carbocycles. The number of rotatable bonds is 7. The maximum absolute atomic E-state index is 11.6. The van der Waals surface area contributed by atoms with Gasteiger partial charge in [-0.2, -0.15) is 0 Å². The van der Waals surface area contributed by atoms with E-state index in [1.807, 2.05) is 0 Å². The van der Waals surface area contributed by atoms with Crippen LogP contribution < -0.4 is 0 Å². The van der Waals surface area contributed by atoms with Crippen molar-refractivity contribution in [3.05, 3.63) is 0 Å². The lowest BCUT2D eigenvalue weighted by atomic mass is 10.1. The zero-order valence-corrected chi connectivity index (χ0v) is 10.9. The number of nitrogens with zero attached hydrogens (tertiary/aromatic N) is 1. The predicted octanol–water partition coefficient (Wildman–Crippen LogP) is 1.66. The number of methoxy groups -OCH3 is 1. The second-order valence-electron chi connectivity index (χ2n) is 3.84. The van der Waals surface area contributed by atoms with Crippen molar-refractivity contribution in [2.75, 3.05) is 26.6 Å². The molecular formula is C11H20ClNO3. The zero-order chi connectivity index (χ0) is 12.6. The summed E-state index contributed by atoms with van der Waals surface area (Å²) in [5.74, 6) is 0.0449. The normalized spacial score (nSPS) is 12.0. The van der Waals surface area contributed by atoms with E-state index in [-0.39, 0.29) is 17.8 Å². The topological polar surface area (TPSA) is 46.6 Å². The second kappa shape index (κ2) is 8.39. The summed E-state index contributed by atoms with van der Waals surface area (Å²) in [6, 6.07) is 0. The highest BCUT2D eigenvalue weighted by atomic mass is 35.5. The lowest BCUT2D eigenvalue weighted by molar-refractivity contribution is -0.146. The molecule has 0 heterocycles. The van der Waals surface area contributed by atoms with E-state index in [4.69, 9.17) is 11.6 Å². The molecule has 0 saturated heterocycles. The number of halogens is 1. The lowest BCUT2D eigenvalue weighted by Gasteiger charge is -2.20. The molecule has 1 unspecified atom stereocenters. The largest absolute Gasteiger partial charge is 0.469 e. The second-order valence-corrected chi connectivity index (χ2v) is 4.22. The maximum atomic E-state index is 11.6. The summed E-state index contributed by atoms with van der Waals surface area (Å²) in [6.07, 6.45) is 2.12. The SMILES string of the molecule is COC(=O)C(C)CN(C)C(=O)CCCCCl. The van der Waals surface area contributed by atoms with E-state index < -0.39 is 0 Å². The van der Waals surface area contributed by atoms with Crippen molar-refractivity contribution in [3.8, 4) is 0 Å². The zero-order valence-electron chi connectivity index (χ0n) is 10.2. The number of carbonyl (C=O) groups is 2. The van der Waals surface area contributed by atoms with Gasteiger partial charge in [0.2, 0.25) is 5.91 Å². The number of ether oxygens (including phenoxy) is 1. The molecule has 0 aliphatic heterocycles. The van der Waals surface area contributed by atoms with Crippen molar-refractivity contribution in [1.29, 1.82) is 0 Å². The highest BCUT2D eigenvalue weighted by molar-refractivity contribution is 6.17. The van der Waals surface area contributed by atoms with Crippen LogP contribution in [0.15, 0.2) is 0 Å². The van der Waals surface area contributed by atoms with Gasteiger partial charge in [-0.25, -0.2) is 0 Å². The van der Waals surface area contributed by atoms with Gasteiger partial charge in [0.05, 0.1) is 13.0 Å². The maximum Gasteiger partial charge on any atom is 0.310 e. The summed E-state index contributed by atoms with van der Waals surface area (Å²) >= 11 is 5.52. The van der Waals surface area contributed by atoms with Gasteiger partial charge in [-0.1, -0.05) is 6.92 Å². The Bertz CT molecular complexity index is 233. The Labute approximate surface area is 102 Å². The van der Waals surface area contributed by atoms with E-state index in [0.29, 0.717) is 18.8 Å². The van der Waals surface area contributed by atoms with Crippen LogP contribution in [0, 0.1) is 5.92 Å². The molecule has 1 amide bonds. The highest BCUT2D eigenvalue weighted by Crippen LogP contribution is 2.05. The van der Waals surface area contributed by atoms with Gasteiger partial charge in [0.25, 0.3) is 0 Å². The van der Waals surface area contributed by atoms with Gasteiger partial charge in [0, 0.05) is 25.9 Å². The molecule has 0 aromatic carbocycles. The average molecular weight is 250 g/mol. The van der Waals surface area contributed by atoms with Crippen molar-refractivity contribution >= 4 is 23.5 Å². The molecule has 0 rings (SSSR count). The molecule has 0 radical (unpaired) electrons. The molecule has 5 heteroatoms. The Morgan fingerprint density at radius 2 is 2.00 bits per heavy atom. The minimum absolute atomic E-state index is 0.0425. The van der Waals surface area contributed by atoms with Crippen molar-refractivity contribution in [1.82, 2.24) is 4.90 Å². The van der Waals surface area contributed by atoms with Crippen LogP contribution in [-0.2, 0) is 14.3 Å². The molecule has 0 bridgehead atoms. The number of hydrogen-bond donors (Lipinski definition) is 0. The summed E-state index contributed by atoms with van der Waals surface area (Å²) in [6.45, 7) is 2.14. The van der Waals surface area contributed by atoms with Gasteiger partial charge in [0.15, 0.2) is 0 Å². The van der Waals surface area contributed by atoms with Crippen LogP contribution in [0.2, 0.25) is 0 Å². The first-order valence-electron chi connectivity index (χ1n) is 5.40. The van der Waals surface area contributed by atoms with E-state index in [0.717, 1.165) is 12.8 Å². The number of amides is 1. The molecule has 0 fully saturated rings. The minimum atomic E-state index is -0.291. The van der Waals surface area contributed by atoms with Gasteiger partial charge < -0.3 is 9.64 Å².